The Morgan fingerprint density at radius 3 is 2.29 bits per heavy atom. The summed E-state index contributed by atoms with van der Waals surface area (Å²) >= 11 is 0. The van der Waals surface area contributed by atoms with Crippen molar-refractivity contribution in [1.29, 1.82) is 0 Å². The molecule has 1 atom stereocenters. The molecule has 1 unspecified atom stereocenters. The molecule has 0 heterocycles. The molecule has 0 radical (unpaired) electrons. The predicted octanol–water partition coefficient (Wildman–Crippen LogP) is 1.34. The largest absolute Gasteiger partial charge is 0.490 e. The minimum Gasteiger partial charge on any atom is -0.490 e. The van der Waals surface area contributed by atoms with E-state index in [-0.39, 0.29) is 12.2 Å². The van der Waals surface area contributed by atoms with Gasteiger partial charge in [-0.25, -0.2) is 14.4 Å². The second-order valence-corrected chi connectivity index (χ2v) is 4.06. The Morgan fingerprint density at radius 1 is 1.14 bits per heavy atom. The first kappa shape index (κ1) is 16.2. The van der Waals surface area contributed by atoms with Gasteiger partial charge in [0.15, 0.2) is 0 Å². The molecule has 0 saturated carbocycles. The number of carboxylic acid groups (broad SMARTS) is 2. The van der Waals surface area contributed by atoms with Crippen LogP contribution in [-0.2, 0) is 14.3 Å². The average Bonchev–Trinajstić information content (AvgIpc) is 2.43. The van der Waals surface area contributed by atoms with Gasteiger partial charge in [-0.2, -0.15) is 0 Å². The third-order valence-corrected chi connectivity index (χ3v) is 2.27. The van der Waals surface area contributed by atoms with Crippen LogP contribution in [0.4, 0.5) is 0 Å². The summed E-state index contributed by atoms with van der Waals surface area (Å²) in [6.45, 7) is 1.64. The van der Waals surface area contributed by atoms with Gasteiger partial charge in [0.1, 0.15) is 18.5 Å². The number of rotatable bonds is 7. The summed E-state index contributed by atoms with van der Waals surface area (Å²) in [7, 11) is 0. The van der Waals surface area contributed by atoms with Crippen LogP contribution < -0.4 is 4.74 Å². The smallest absolute Gasteiger partial charge is 0.335 e. The van der Waals surface area contributed by atoms with Crippen molar-refractivity contribution in [2.24, 2.45) is 0 Å². The molecule has 0 amide bonds. The fraction of sp³-hybridized carbons (Fsp3) is 0.214. The minimum atomic E-state index is -1.24. The molecule has 21 heavy (non-hydrogen) atoms. The maximum atomic E-state index is 11.2. The quantitative estimate of drug-likeness (QED) is 0.576. The first-order valence-electron chi connectivity index (χ1n) is 5.96. The second kappa shape index (κ2) is 7.68. The molecule has 0 bridgehead atoms. The van der Waals surface area contributed by atoms with Gasteiger partial charge in [-0.3, -0.25) is 0 Å². The zero-order chi connectivity index (χ0) is 15.8. The van der Waals surface area contributed by atoms with Crippen LogP contribution in [0.2, 0.25) is 0 Å². The molecule has 0 fully saturated rings. The van der Waals surface area contributed by atoms with Crippen LogP contribution in [-0.4, -0.2) is 40.8 Å². The van der Waals surface area contributed by atoms with E-state index in [4.69, 9.17) is 19.7 Å². The Hall–Kier alpha value is -2.83. The van der Waals surface area contributed by atoms with Crippen molar-refractivity contribution in [3.8, 4) is 5.75 Å². The van der Waals surface area contributed by atoms with Crippen molar-refractivity contribution in [3.63, 3.8) is 0 Å². The van der Waals surface area contributed by atoms with Gasteiger partial charge < -0.3 is 19.7 Å². The van der Waals surface area contributed by atoms with Crippen LogP contribution in [0.3, 0.4) is 0 Å². The monoisotopic (exact) mass is 294 g/mol. The third kappa shape index (κ3) is 6.24. The van der Waals surface area contributed by atoms with Gasteiger partial charge in [-0.1, -0.05) is 0 Å². The zero-order valence-electron chi connectivity index (χ0n) is 11.2. The normalized spacial score (nSPS) is 11.9. The lowest BCUT2D eigenvalue weighted by Gasteiger charge is -2.13. The highest BCUT2D eigenvalue weighted by molar-refractivity contribution is 5.90. The SMILES string of the molecule is CC(COc1ccc(C(=O)O)cc1)OC(=O)/C=C/C(=O)O. The molecule has 0 aliphatic carbocycles. The van der Waals surface area contributed by atoms with Crippen molar-refractivity contribution in [2.75, 3.05) is 6.61 Å². The number of esters is 1. The number of hydrogen-bond acceptors (Lipinski definition) is 5. The molecule has 0 saturated heterocycles. The molecule has 7 nitrogen and oxygen atoms in total. The summed E-state index contributed by atoms with van der Waals surface area (Å²) in [4.78, 5) is 32.1. The van der Waals surface area contributed by atoms with Crippen molar-refractivity contribution < 1.29 is 34.1 Å². The van der Waals surface area contributed by atoms with E-state index in [9.17, 15) is 14.4 Å². The number of carboxylic acids is 2. The Labute approximate surface area is 120 Å². The van der Waals surface area contributed by atoms with Crippen molar-refractivity contribution in [1.82, 2.24) is 0 Å². The van der Waals surface area contributed by atoms with E-state index in [2.05, 4.69) is 0 Å². The van der Waals surface area contributed by atoms with E-state index < -0.39 is 24.0 Å². The highest BCUT2D eigenvalue weighted by Crippen LogP contribution is 2.12. The summed E-state index contributed by atoms with van der Waals surface area (Å²) in [5, 5.41) is 17.1. The van der Waals surface area contributed by atoms with Gasteiger partial charge in [0.25, 0.3) is 0 Å². The molecule has 0 aliphatic rings. The second-order valence-electron chi connectivity index (χ2n) is 4.06. The van der Waals surface area contributed by atoms with E-state index in [1.54, 1.807) is 6.92 Å². The highest BCUT2D eigenvalue weighted by atomic mass is 16.6. The van der Waals surface area contributed by atoms with E-state index in [1.807, 2.05) is 0 Å². The Balaban J connectivity index is 2.42. The summed E-state index contributed by atoms with van der Waals surface area (Å²) < 4.78 is 10.2. The van der Waals surface area contributed by atoms with Gasteiger partial charge in [0, 0.05) is 12.2 Å². The molecule has 1 aromatic carbocycles. The molecule has 0 aliphatic heterocycles. The summed E-state index contributed by atoms with van der Waals surface area (Å²) in [5.74, 6) is -2.62. The van der Waals surface area contributed by atoms with Crippen molar-refractivity contribution in [2.45, 2.75) is 13.0 Å². The van der Waals surface area contributed by atoms with E-state index in [1.165, 1.54) is 24.3 Å². The van der Waals surface area contributed by atoms with Crippen molar-refractivity contribution >= 4 is 17.9 Å². The summed E-state index contributed by atoms with van der Waals surface area (Å²) in [6.07, 6.45) is 0.899. The highest BCUT2D eigenvalue weighted by Gasteiger charge is 2.09. The topological polar surface area (TPSA) is 110 Å². The number of aliphatic carboxylic acids is 1. The van der Waals surface area contributed by atoms with E-state index >= 15 is 0 Å². The first-order valence-corrected chi connectivity index (χ1v) is 5.96. The van der Waals surface area contributed by atoms with Gasteiger partial charge in [0.05, 0.1) is 5.56 Å². The fourth-order valence-electron chi connectivity index (χ4n) is 1.32. The lowest BCUT2D eigenvalue weighted by atomic mass is 10.2. The molecule has 7 heteroatoms. The third-order valence-electron chi connectivity index (χ3n) is 2.27. The van der Waals surface area contributed by atoms with E-state index in [0.717, 1.165) is 6.08 Å². The standard InChI is InChI=1S/C14H14O7/c1-9(21-13(17)7-6-12(15)16)8-20-11-4-2-10(3-5-11)14(18)19/h2-7,9H,8H2,1H3,(H,15,16)(H,18,19)/b7-6+. The molecule has 1 rings (SSSR count). The van der Waals surface area contributed by atoms with Crippen LogP contribution in [0.25, 0.3) is 0 Å². The molecular weight excluding hydrogens is 280 g/mol. The number of hydrogen-bond donors (Lipinski definition) is 2. The minimum absolute atomic E-state index is 0.0546. The maximum Gasteiger partial charge on any atom is 0.335 e. The average molecular weight is 294 g/mol. The lowest BCUT2D eigenvalue weighted by Crippen LogP contribution is -2.21. The first-order chi connectivity index (χ1) is 9.88. The number of benzene rings is 1. The Kier molecular flexibility index (Phi) is 5.94. The molecular formula is C14H14O7. The Morgan fingerprint density at radius 2 is 1.76 bits per heavy atom. The molecule has 0 spiro atoms. The van der Waals surface area contributed by atoms with Crippen molar-refractivity contribution in [3.05, 3.63) is 42.0 Å². The summed E-state index contributed by atoms with van der Waals surface area (Å²) in [6, 6.07) is 5.76. The molecule has 2 N–H and O–H groups in total. The molecule has 112 valence electrons. The van der Waals surface area contributed by atoms with Crippen LogP contribution >= 0.6 is 0 Å². The molecule has 0 aromatic heterocycles. The van der Waals surface area contributed by atoms with Crippen LogP contribution in [0.15, 0.2) is 36.4 Å². The Bertz CT molecular complexity index is 545. The number of aromatic carboxylic acids is 1. The van der Waals surface area contributed by atoms with Crippen LogP contribution in [0, 0.1) is 0 Å². The molecule has 1 aromatic rings. The number of carbonyl (C=O) groups excluding carboxylic acids is 1. The maximum absolute atomic E-state index is 11.2. The van der Waals surface area contributed by atoms with Gasteiger partial charge in [-0.15, -0.1) is 0 Å². The van der Waals surface area contributed by atoms with E-state index in [0.29, 0.717) is 11.8 Å². The van der Waals surface area contributed by atoms with Gasteiger partial charge in [0.2, 0.25) is 0 Å². The van der Waals surface area contributed by atoms with Gasteiger partial charge >= 0.3 is 17.9 Å². The van der Waals surface area contributed by atoms with Crippen LogP contribution in [0.5, 0.6) is 5.75 Å². The lowest BCUT2D eigenvalue weighted by molar-refractivity contribution is -0.144. The predicted molar refractivity (Wildman–Crippen MR) is 71.2 cm³/mol. The zero-order valence-corrected chi connectivity index (χ0v) is 11.2. The number of ether oxygens (including phenoxy) is 2. The fourth-order valence-corrected chi connectivity index (χ4v) is 1.32. The van der Waals surface area contributed by atoms with Crippen LogP contribution in [0.1, 0.15) is 17.3 Å². The van der Waals surface area contributed by atoms with Gasteiger partial charge in [-0.05, 0) is 31.2 Å². The summed E-state index contributed by atoms with van der Waals surface area (Å²) in [5.41, 5.74) is 0.139. The number of carbonyl (C=O) groups is 3.